The van der Waals surface area contributed by atoms with Gasteiger partial charge in [0.2, 0.25) is 5.95 Å². The number of fused-ring (bicyclic) bond motifs is 1. The summed E-state index contributed by atoms with van der Waals surface area (Å²) in [5.41, 5.74) is 9.56. The van der Waals surface area contributed by atoms with Crippen LogP contribution in [-0.4, -0.2) is 21.1 Å². The van der Waals surface area contributed by atoms with Crippen LogP contribution in [0.1, 0.15) is 30.9 Å². The molecule has 1 aliphatic carbocycles. The van der Waals surface area contributed by atoms with Crippen LogP contribution in [0.2, 0.25) is 0 Å². The predicted octanol–water partition coefficient (Wildman–Crippen LogP) is 3.38. The number of nitrogens with two attached hydrogens (primary N) is 1. The average Bonchev–Trinajstić information content (AvgIpc) is 2.91. The van der Waals surface area contributed by atoms with Crippen LogP contribution in [0, 0.1) is 6.92 Å². The van der Waals surface area contributed by atoms with Crippen molar-refractivity contribution in [1.29, 1.82) is 0 Å². The molecule has 0 aliphatic heterocycles. The van der Waals surface area contributed by atoms with Gasteiger partial charge in [-0.25, -0.2) is 4.98 Å². The molecule has 1 aliphatic rings. The first kappa shape index (κ1) is 11.9. The third-order valence-corrected chi connectivity index (χ3v) is 5.02. The van der Waals surface area contributed by atoms with Gasteiger partial charge in [0.25, 0.3) is 0 Å². The second-order valence-electron chi connectivity index (χ2n) is 5.16. The van der Waals surface area contributed by atoms with E-state index in [0.717, 1.165) is 10.8 Å². The number of rotatable bonds is 2. The van der Waals surface area contributed by atoms with Gasteiger partial charge in [0.1, 0.15) is 0 Å². The van der Waals surface area contributed by atoms with E-state index in [2.05, 4.69) is 40.9 Å². The summed E-state index contributed by atoms with van der Waals surface area (Å²) in [5, 5.41) is 0.775. The number of nitrogen functional groups attached to an aromatic ring is 1. The number of hydrogen-bond acceptors (Lipinski definition) is 3. The summed E-state index contributed by atoms with van der Waals surface area (Å²) in [6.45, 7) is 2.09. The normalized spacial score (nSPS) is 23.9. The maximum absolute atomic E-state index is 6.12. The van der Waals surface area contributed by atoms with Gasteiger partial charge in [-0.1, -0.05) is 6.07 Å². The molecule has 1 fully saturated rings. The lowest BCUT2D eigenvalue weighted by molar-refractivity contribution is 0.540. The van der Waals surface area contributed by atoms with Gasteiger partial charge in [-0.15, -0.1) is 0 Å². The van der Waals surface area contributed by atoms with Crippen LogP contribution in [0.25, 0.3) is 11.0 Å². The monoisotopic (exact) mass is 261 g/mol. The summed E-state index contributed by atoms with van der Waals surface area (Å²) in [6, 6.07) is 6.93. The molecule has 18 heavy (non-hydrogen) atoms. The van der Waals surface area contributed by atoms with E-state index in [1.54, 1.807) is 0 Å². The smallest absolute Gasteiger partial charge is 0.201 e. The molecule has 0 radical (unpaired) electrons. The quantitative estimate of drug-likeness (QED) is 0.901. The largest absolute Gasteiger partial charge is 0.369 e. The first-order valence-corrected chi connectivity index (χ1v) is 7.74. The molecule has 2 atom stereocenters. The average molecular weight is 261 g/mol. The Morgan fingerprint density at radius 1 is 1.39 bits per heavy atom. The van der Waals surface area contributed by atoms with Gasteiger partial charge in [-0.05, 0) is 50.1 Å². The van der Waals surface area contributed by atoms with Crippen LogP contribution >= 0.6 is 11.8 Å². The molecule has 3 rings (SSSR count). The van der Waals surface area contributed by atoms with Gasteiger partial charge in [0.05, 0.1) is 11.0 Å². The first-order valence-electron chi connectivity index (χ1n) is 6.46. The number of hydrogen-bond donors (Lipinski definition) is 1. The molecule has 0 saturated heterocycles. The molecular formula is C14H19N3S. The van der Waals surface area contributed by atoms with Crippen molar-refractivity contribution in [1.82, 2.24) is 9.55 Å². The Bertz CT molecular complexity index is 576. The van der Waals surface area contributed by atoms with Crippen molar-refractivity contribution in [3.63, 3.8) is 0 Å². The van der Waals surface area contributed by atoms with Gasteiger partial charge in [0, 0.05) is 11.3 Å². The van der Waals surface area contributed by atoms with Crippen molar-refractivity contribution in [3.05, 3.63) is 23.8 Å². The highest BCUT2D eigenvalue weighted by molar-refractivity contribution is 7.99. The van der Waals surface area contributed by atoms with Gasteiger partial charge in [-0.2, -0.15) is 11.8 Å². The van der Waals surface area contributed by atoms with Crippen LogP contribution in [0.4, 0.5) is 5.95 Å². The van der Waals surface area contributed by atoms with E-state index in [9.17, 15) is 0 Å². The van der Waals surface area contributed by atoms with E-state index in [1.807, 2.05) is 11.8 Å². The fraction of sp³-hybridized carbons (Fsp3) is 0.500. The van der Waals surface area contributed by atoms with Crippen molar-refractivity contribution in [2.75, 3.05) is 12.0 Å². The fourth-order valence-corrected chi connectivity index (χ4v) is 3.76. The summed E-state index contributed by atoms with van der Waals surface area (Å²) in [6.07, 6.45) is 5.92. The van der Waals surface area contributed by atoms with Crippen LogP contribution in [0.3, 0.4) is 0 Å². The van der Waals surface area contributed by atoms with Gasteiger partial charge in [-0.3, -0.25) is 0 Å². The van der Waals surface area contributed by atoms with E-state index in [0.29, 0.717) is 12.0 Å². The molecule has 2 unspecified atom stereocenters. The minimum atomic E-state index is 0.523. The highest BCUT2D eigenvalue weighted by atomic mass is 32.2. The van der Waals surface area contributed by atoms with Crippen LogP contribution < -0.4 is 5.73 Å². The fourth-order valence-electron chi connectivity index (χ4n) is 2.98. The summed E-state index contributed by atoms with van der Waals surface area (Å²) >= 11 is 1.97. The maximum Gasteiger partial charge on any atom is 0.201 e. The highest BCUT2D eigenvalue weighted by Crippen LogP contribution is 2.39. The lowest BCUT2D eigenvalue weighted by Gasteiger charge is -2.15. The number of thioether (sulfide) groups is 1. The molecule has 0 spiro atoms. The third kappa shape index (κ3) is 1.88. The number of benzene rings is 1. The zero-order valence-electron chi connectivity index (χ0n) is 10.9. The molecule has 2 N–H and O–H groups in total. The van der Waals surface area contributed by atoms with Crippen LogP contribution in [-0.2, 0) is 0 Å². The summed E-state index contributed by atoms with van der Waals surface area (Å²) in [7, 11) is 0. The minimum absolute atomic E-state index is 0.523. The molecule has 4 heteroatoms. The molecular weight excluding hydrogens is 242 g/mol. The molecule has 2 aromatic rings. The van der Waals surface area contributed by atoms with Crippen molar-refractivity contribution < 1.29 is 0 Å². The molecule has 0 bridgehead atoms. The molecule has 1 aromatic carbocycles. The van der Waals surface area contributed by atoms with E-state index < -0.39 is 0 Å². The Morgan fingerprint density at radius 2 is 2.22 bits per heavy atom. The van der Waals surface area contributed by atoms with E-state index in [1.165, 1.54) is 30.3 Å². The van der Waals surface area contributed by atoms with E-state index in [-0.39, 0.29) is 0 Å². The summed E-state index contributed by atoms with van der Waals surface area (Å²) in [4.78, 5) is 4.50. The minimum Gasteiger partial charge on any atom is -0.369 e. The van der Waals surface area contributed by atoms with E-state index >= 15 is 0 Å². The Hall–Kier alpha value is -1.16. The number of nitrogens with zero attached hydrogens (tertiary/aromatic N) is 2. The van der Waals surface area contributed by atoms with Crippen LogP contribution in [0.5, 0.6) is 0 Å². The van der Waals surface area contributed by atoms with Gasteiger partial charge in [0.15, 0.2) is 0 Å². The lowest BCUT2D eigenvalue weighted by atomic mass is 10.2. The molecule has 1 heterocycles. The molecule has 1 aromatic heterocycles. The second-order valence-corrected chi connectivity index (χ2v) is 6.29. The Kier molecular flexibility index (Phi) is 2.98. The number of aryl methyl sites for hydroxylation is 1. The van der Waals surface area contributed by atoms with Crippen molar-refractivity contribution in [3.8, 4) is 0 Å². The second kappa shape index (κ2) is 4.50. The summed E-state index contributed by atoms with van der Waals surface area (Å²) in [5.74, 6) is 0.669. The number of aromatic nitrogens is 2. The molecule has 96 valence electrons. The van der Waals surface area contributed by atoms with E-state index in [4.69, 9.17) is 5.73 Å². The SMILES string of the molecule is CSC1CCC(n2c(N)nc3cc(C)ccc32)C1. The Balaban J connectivity index is 2.04. The van der Waals surface area contributed by atoms with Gasteiger partial charge < -0.3 is 10.3 Å². The zero-order valence-corrected chi connectivity index (χ0v) is 11.7. The van der Waals surface area contributed by atoms with Crippen LogP contribution in [0.15, 0.2) is 18.2 Å². The predicted molar refractivity (Wildman–Crippen MR) is 79.1 cm³/mol. The van der Waals surface area contributed by atoms with Crippen molar-refractivity contribution in [2.45, 2.75) is 37.5 Å². The lowest BCUT2D eigenvalue weighted by Crippen LogP contribution is -2.09. The molecule has 0 amide bonds. The highest BCUT2D eigenvalue weighted by Gasteiger charge is 2.27. The number of anilines is 1. The Morgan fingerprint density at radius 3 is 2.94 bits per heavy atom. The van der Waals surface area contributed by atoms with Crippen molar-refractivity contribution >= 4 is 28.7 Å². The Labute approximate surface area is 112 Å². The zero-order chi connectivity index (χ0) is 12.7. The third-order valence-electron chi connectivity index (χ3n) is 3.93. The molecule has 1 saturated carbocycles. The number of imidazole rings is 1. The van der Waals surface area contributed by atoms with Crippen molar-refractivity contribution in [2.24, 2.45) is 0 Å². The first-order chi connectivity index (χ1) is 8.69. The topological polar surface area (TPSA) is 43.8 Å². The standard InChI is InChI=1S/C14H19N3S/c1-9-3-6-13-12(7-9)16-14(15)17(13)10-4-5-11(8-10)18-2/h3,6-7,10-11H,4-5,8H2,1-2H3,(H2,15,16). The van der Waals surface area contributed by atoms with Gasteiger partial charge >= 0.3 is 0 Å². The molecule has 3 nitrogen and oxygen atoms in total. The maximum atomic E-state index is 6.12. The summed E-state index contributed by atoms with van der Waals surface area (Å²) < 4.78 is 2.24.